The van der Waals surface area contributed by atoms with E-state index in [0.29, 0.717) is 11.4 Å². The Labute approximate surface area is 182 Å². The number of hydrogen-bond acceptors (Lipinski definition) is 5. The average molecular weight is 424 g/mol. The van der Waals surface area contributed by atoms with Crippen LogP contribution in [0.3, 0.4) is 0 Å². The highest BCUT2D eigenvalue weighted by atomic mass is 16.5. The molecule has 2 aliphatic heterocycles. The second-order valence-corrected chi connectivity index (χ2v) is 8.83. The highest BCUT2D eigenvalue weighted by Gasteiger charge is 2.32. The lowest BCUT2D eigenvalue weighted by molar-refractivity contribution is -0.122. The maximum absolute atomic E-state index is 12.4. The largest absolute Gasteiger partial charge is 0.483 e. The molecule has 2 aromatic rings. The van der Waals surface area contributed by atoms with Gasteiger partial charge in [0.2, 0.25) is 5.91 Å². The van der Waals surface area contributed by atoms with E-state index in [4.69, 9.17) is 15.2 Å². The van der Waals surface area contributed by atoms with Gasteiger partial charge < -0.3 is 25.4 Å². The minimum absolute atomic E-state index is 0.0304. The molecule has 2 amide bonds. The minimum Gasteiger partial charge on any atom is -0.483 e. The number of para-hydroxylation sites is 1. The van der Waals surface area contributed by atoms with Crippen molar-refractivity contribution in [2.75, 3.05) is 29.9 Å². The topological polar surface area (TPSA) is 93.9 Å². The van der Waals surface area contributed by atoms with Crippen molar-refractivity contribution in [2.45, 2.75) is 38.7 Å². The van der Waals surface area contributed by atoms with Crippen molar-refractivity contribution in [3.63, 3.8) is 0 Å². The number of hydrogen-bond donors (Lipinski definition) is 2. The molecule has 31 heavy (non-hydrogen) atoms. The fraction of sp³-hybridized carbons (Fsp3) is 0.417. The summed E-state index contributed by atoms with van der Waals surface area (Å²) in [7, 11) is 0. The highest BCUT2D eigenvalue weighted by molar-refractivity contribution is 5.92. The van der Waals surface area contributed by atoms with Crippen LogP contribution in [0.2, 0.25) is 0 Å². The van der Waals surface area contributed by atoms with Gasteiger partial charge in [0, 0.05) is 42.4 Å². The van der Waals surface area contributed by atoms with Crippen molar-refractivity contribution in [2.24, 2.45) is 11.7 Å². The van der Waals surface area contributed by atoms with E-state index in [1.807, 2.05) is 56.3 Å². The van der Waals surface area contributed by atoms with Crippen LogP contribution in [0, 0.1) is 5.92 Å². The molecule has 3 N–H and O–H groups in total. The molecule has 0 aliphatic carbocycles. The molecule has 0 radical (unpaired) electrons. The van der Waals surface area contributed by atoms with Crippen LogP contribution in [-0.2, 0) is 16.0 Å². The van der Waals surface area contributed by atoms with Crippen LogP contribution in [0.15, 0.2) is 42.5 Å². The van der Waals surface area contributed by atoms with Crippen molar-refractivity contribution in [1.82, 2.24) is 0 Å². The molecule has 1 saturated heterocycles. The number of ether oxygens (including phenoxy) is 2. The smallest absolute Gasteiger partial charge is 0.262 e. The summed E-state index contributed by atoms with van der Waals surface area (Å²) in [5.74, 6) is 0.843. The summed E-state index contributed by atoms with van der Waals surface area (Å²) in [6.45, 7) is 5.57. The lowest BCUT2D eigenvalue weighted by Gasteiger charge is -2.32. The number of amides is 2. The zero-order valence-electron chi connectivity index (χ0n) is 18.0. The molecule has 7 heteroatoms. The Kier molecular flexibility index (Phi) is 5.76. The molecule has 0 unspecified atom stereocenters. The molecule has 0 bridgehead atoms. The van der Waals surface area contributed by atoms with Crippen LogP contribution >= 0.6 is 0 Å². The Morgan fingerprint density at radius 1 is 1.16 bits per heavy atom. The number of carbonyl (C=O) groups excluding carboxylic acids is 2. The SMILES string of the molecule is CC1(C)Cc2cccc(OCC(=O)Nc3ccc(N4CCC(C(N)=O)CC4)cc3)c2O1. The predicted molar refractivity (Wildman–Crippen MR) is 120 cm³/mol. The Morgan fingerprint density at radius 2 is 1.87 bits per heavy atom. The van der Waals surface area contributed by atoms with Crippen LogP contribution in [0.25, 0.3) is 0 Å². The van der Waals surface area contributed by atoms with Gasteiger partial charge in [0.1, 0.15) is 5.60 Å². The Balaban J connectivity index is 1.29. The van der Waals surface area contributed by atoms with Crippen LogP contribution in [0.5, 0.6) is 11.5 Å². The van der Waals surface area contributed by atoms with E-state index in [9.17, 15) is 9.59 Å². The molecule has 4 rings (SSSR count). The first-order chi connectivity index (χ1) is 14.8. The van der Waals surface area contributed by atoms with Crippen molar-refractivity contribution in [3.8, 4) is 11.5 Å². The summed E-state index contributed by atoms with van der Waals surface area (Å²) in [4.78, 5) is 25.9. The zero-order chi connectivity index (χ0) is 22.0. The van der Waals surface area contributed by atoms with Crippen LogP contribution in [0.1, 0.15) is 32.3 Å². The molecule has 0 saturated carbocycles. The standard InChI is InChI=1S/C24H29N3O4/c1-24(2)14-17-4-3-5-20(22(17)31-24)30-15-21(28)26-18-6-8-19(9-7-18)27-12-10-16(11-13-27)23(25)29/h3-9,16H,10-15H2,1-2H3,(H2,25,29)(H,26,28). The molecular formula is C24H29N3O4. The third kappa shape index (κ3) is 4.93. The van der Waals surface area contributed by atoms with Gasteiger partial charge >= 0.3 is 0 Å². The summed E-state index contributed by atoms with van der Waals surface area (Å²) in [5, 5.41) is 2.86. The van der Waals surface area contributed by atoms with Crippen molar-refractivity contribution in [1.29, 1.82) is 0 Å². The zero-order valence-corrected chi connectivity index (χ0v) is 18.0. The molecule has 2 aromatic carbocycles. The van der Waals surface area contributed by atoms with Crippen molar-refractivity contribution >= 4 is 23.2 Å². The summed E-state index contributed by atoms with van der Waals surface area (Å²) in [6.07, 6.45) is 2.36. The number of nitrogens with one attached hydrogen (secondary N) is 1. The number of primary amides is 1. The third-order valence-electron chi connectivity index (χ3n) is 5.83. The summed E-state index contributed by atoms with van der Waals surface area (Å²) in [6, 6.07) is 13.5. The van der Waals surface area contributed by atoms with Crippen molar-refractivity contribution < 1.29 is 19.1 Å². The van der Waals surface area contributed by atoms with Gasteiger partial charge in [-0.15, -0.1) is 0 Å². The number of fused-ring (bicyclic) bond motifs is 1. The molecular weight excluding hydrogens is 394 g/mol. The van der Waals surface area contributed by atoms with E-state index >= 15 is 0 Å². The normalized spacial score (nSPS) is 17.5. The molecule has 2 aliphatic rings. The van der Waals surface area contributed by atoms with Crippen molar-refractivity contribution in [3.05, 3.63) is 48.0 Å². The number of nitrogens with zero attached hydrogens (tertiary/aromatic N) is 1. The average Bonchev–Trinajstić information content (AvgIpc) is 3.07. The minimum atomic E-state index is -0.263. The lowest BCUT2D eigenvalue weighted by Crippen LogP contribution is -2.38. The Bertz CT molecular complexity index is 963. The number of rotatable bonds is 6. The van der Waals surface area contributed by atoms with Crippen LogP contribution in [0.4, 0.5) is 11.4 Å². The molecule has 7 nitrogen and oxygen atoms in total. The van der Waals surface area contributed by atoms with Gasteiger partial charge in [-0.3, -0.25) is 9.59 Å². The van der Waals surface area contributed by atoms with Crippen LogP contribution in [-0.4, -0.2) is 37.1 Å². The number of benzene rings is 2. The van der Waals surface area contributed by atoms with Gasteiger partial charge in [0.25, 0.3) is 5.91 Å². The molecule has 0 spiro atoms. The maximum atomic E-state index is 12.4. The number of piperidine rings is 1. The first-order valence-electron chi connectivity index (χ1n) is 10.7. The van der Waals surface area contributed by atoms with Gasteiger partial charge in [-0.1, -0.05) is 12.1 Å². The second-order valence-electron chi connectivity index (χ2n) is 8.83. The summed E-state index contributed by atoms with van der Waals surface area (Å²) >= 11 is 0. The fourth-order valence-corrected chi connectivity index (χ4v) is 4.22. The summed E-state index contributed by atoms with van der Waals surface area (Å²) < 4.78 is 11.7. The van der Waals surface area contributed by atoms with Gasteiger partial charge in [-0.2, -0.15) is 0 Å². The first kappa shape index (κ1) is 21.0. The summed E-state index contributed by atoms with van der Waals surface area (Å²) in [5.41, 5.74) is 8.01. The van der Waals surface area contributed by atoms with E-state index in [1.54, 1.807) is 0 Å². The van der Waals surface area contributed by atoms with Gasteiger partial charge in [-0.25, -0.2) is 0 Å². The maximum Gasteiger partial charge on any atom is 0.262 e. The highest BCUT2D eigenvalue weighted by Crippen LogP contribution is 2.41. The predicted octanol–water partition coefficient (Wildman–Crippen LogP) is 3.12. The van der Waals surface area contributed by atoms with E-state index in [0.717, 1.165) is 49.4 Å². The van der Waals surface area contributed by atoms with E-state index < -0.39 is 0 Å². The quantitative estimate of drug-likeness (QED) is 0.745. The number of nitrogens with two attached hydrogens (primary N) is 1. The Morgan fingerprint density at radius 3 is 2.55 bits per heavy atom. The number of carbonyl (C=O) groups is 2. The van der Waals surface area contributed by atoms with E-state index in [2.05, 4.69) is 10.2 Å². The lowest BCUT2D eigenvalue weighted by atomic mass is 9.96. The van der Waals surface area contributed by atoms with E-state index in [1.165, 1.54) is 0 Å². The second kappa shape index (κ2) is 8.49. The van der Waals surface area contributed by atoms with E-state index in [-0.39, 0.29) is 29.9 Å². The van der Waals surface area contributed by atoms with Gasteiger partial charge in [0.15, 0.2) is 18.1 Å². The Hall–Kier alpha value is -3.22. The number of anilines is 2. The third-order valence-corrected chi connectivity index (χ3v) is 5.83. The van der Waals surface area contributed by atoms with Gasteiger partial charge in [0.05, 0.1) is 0 Å². The molecule has 0 aromatic heterocycles. The molecule has 2 heterocycles. The molecule has 1 fully saturated rings. The van der Waals surface area contributed by atoms with Crippen LogP contribution < -0.4 is 25.4 Å². The van der Waals surface area contributed by atoms with Gasteiger partial charge in [-0.05, 0) is 57.0 Å². The monoisotopic (exact) mass is 423 g/mol. The first-order valence-corrected chi connectivity index (χ1v) is 10.7. The molecule has 164 valence electrons. The molecule has 0 atom stereocenters. The fourth-order valence-electron chi connectivity index (χ4n) is 4.22.